The number of hydrogen-bond acceptors (Lipinski definition) is 3. The maximum Gasteiger partial charge on any atom is 0.331 e. The summed E-state index contributed by atoms with van der Waals surface area (Å²) in [6.07, 6.45) is 4.36. The molecule has 2 aromatic rings. The van der Waals surface area contributed by atoms with Gasteiger partial charge in [0.05, 0.1) is 0 Å². The number of hydrogen-bond donors (Lipinski definition) is 2. The lowest BCUT2D eigenvalue weighted by atomic mass is 10.0. The summed E-state index contributed by atoms with van der Waals surface area (Å²) in [5.74, 6) is -0.289. The number of benzene rings is 1. The van der Waals surface area contributed by atoms with Crippen LogP contribution in [0.2, 0.25) is 0 Å². The van der Waals surface area contributed by atoms with Crippen LogP contribution in [-0.4, -0.2) is 14.7 Å². The molecule has 0 saturated heterocycles. The third kappa shape index (κ3) is 2.97. The standard InChI is InChI=1S/C16H18N2O3/c1-3-4-7-10-18-15(20)13(14(19)17-16(18)21)12-9-6-5-8-11(12)2/h3-6,8-9,20H,7,10H2,1-2H3,(H,17,19,21)/b4-3+. The van der Waals surface area contributed by atoms with Gasteiger partial charge in [-0.1, -0.05) is 36.4 Å². The Labute approximate surface area is 122 Å². The molecule has 0 aliphatic carbocycles. The van der Waals surface area contributed by atoms with E-state index in [4.69, 9.17) is 0 Å². The Morgan fingerprint density at radius 3 is 2.67 bits per heavy atom. The van der Waals surface area contributed by atoms with E-state index in [1.807, 2.05) is 38.1 Å². The van der Waals surface area contributed by atoms with Crippen LogP contribution in [0.4, 0.5) is 0 Å². The van der Waals surface area contributed by atoms with Crippen LogP contribution < -0.4 is 11.2 Å². The van der Waals surface area contributed by atoms with E-state index in [2.05, 4.69) is 4.98 Å². The Bertz CT molecular complexity index is 785. The molecule has 1 heterocycles. The summed E-state index contributed by atoms with van der Waals surface area (Å²) in [5.41, 5.74) is 0.439. The lowest BCUT2D eigenvalue weighted by Crippen LogP contribution is -2.31. The molecule has 1 aromatic heterocycles. The van der Waals surface area contributed by atoms with Gasteiger partial charge >= 0.3 is 5.69 Å². The second kappa shape index (κ2) is 6.26. The van der Waals surface area contributed by atoms with Crippen molar-refractivity contribution < 1.29 is 5.11 Å². The van der Waals surface area contributed by atoms with Gasteiger partial charge in [0.15, 0.2) is 0 Å². The molecule has 0 radical (unpaired) electrons. The molecule has 21 heavy (non-hydrogen) atoms. The molecule has 0 unspecified atom stereocenters. The highest BCUT2D eigenvalue weighted by molar-refractivity contribution is 5.70. The molecule has 1 aromatic carbocycles. The van der Waals surface area contributed by atoms with Crippen molar-refractivity contribution in [3.63, 3.8) is 0 Å². The summed E-state index contributed by atoms with van der Waals surface area (Å²) in [6.45, 7) is 4.04. The van der Waals surface area contributed by atoms with Crippen molar-refractivity contribution in [2.75, 3.05) is 0 Å². The van der Waals surface area contributed by atoms with Crippen molar-refractivity contribution in [1.82, 2.24) is 9.55 Å². The summed E-state index contributed by atoms with van der Waals surface area (Å²) in [7, 11) is 0. The summed E-state index contributed by atoms with van der Waals surface area (Å²) < 4.78 is 1.18. The monoisotopic (exact) mass is 286 g/mol. The fourth-order valence-electron chi connectivity index (χ4n) is 2.23. The van der Waals surface area contributed by atoms with Crippen LogP contribution in [0.5, 0.6) is 5.88 Å². The lowest BCUT2D eigenvalue weighted by Gasteiger charge is -2.12. The fourth-order valence-corrected chi connectivity index (χ4v) is 2.23. The predicted molar refractivity (Wildman–Crippen MR) is 82.6 cm³/mol. The number of aromatic nitrogens is 2. The van der Waals surface area contributed by atoms with Gasteiger partial charge in [0, 0.05) is 6.54 Å². The Kier molecular flexibility index (Phi) is 4.42. The van der Waals surface area contributed by atoms with Crippen molar-refractivity contribution in [3.05, 3.63) is 62.8 Å². The van der Waals surface area contributed by atoms with E-state index in [0.717, 1.165) is 5.56 Å². The third-order valence-electron chi connectivity index (χ3n) is 3.34. The molecule has 0 fully saturated rings. The average Bonchev–Trinajstić information content (AvgIpc) is 2.44. The van der Waals surface area contributed by atoms with Gasteiger partial charge in [-0.15, -0.1) is 0 Å². The molecular weight excluding hydrogens is 268 g/mol. The van der Waals surface area contributed by atoms with E-state index in [-0.39, 0.29) is 11.4 Å². The van der Waals surface area contributed by atoms with Crippen molar-refractivity contribution in [2.45, 2.75) is 26.8 Å². The number of aryl methyl sites for hydroxylation is 1. The lowest BCUT2D eigenvalue weighted by molar-refractivity contribution is 0.404. The molecule has 2 rings (SSSR count). The number of allylic oxidation sites excluding steroid dienone is 2. The van der Waals surface area contributed by atoms with E-state index in [9.17, 15) is 14.7 Å². The largest absolute Gasteiger partial charge is 0.494 e. The Balaban J connectivity index is 2.62. The average molecular weight is 286 g/mol. The number of H-pyrrole nitrogens is 1. The summed E-state index contributed by atoms with van der Waals surface area (Å²) in [4.78, 5) is 26.2. The van der Waals surface area contributed by atoms with Gasteiger partial charge in [0.1, 0.15) is 5.56 Å². The third-order valence-corrected chi connectivity index (χ3v) is 3.34. The fraction of sp³-hybridized carbons (Fsp3) is 0.250. The van der Waals surface area contributed by atoms with E-state index in [1.165, 1.54) is 4.57 Å². The normalized spacial score (nSPS) is 11.1. The van der Waals surface area contributed by atoms with Gasteiger partial charge in [-0.2, -0.15) is 0 Å². The first kappa shape index (κ1) is 14.8. The van der Waals surface area contributed by atoms with Gasteiger partial charge < -0.3 is 5.11 Å². The van der Waals surface area contributed by atoms with Crippen LogP contribution in [0.15, 0.2) is 46.0 Å². The van der Waals surface area contributed by atoms with Gasteiger partial charge in [-0.25, -0.2) is 4.79 Å². The second-order valence-corrected chi connectivity index (χ2v) is 4.78. The van der Waals surface area contributed by atoms with Gasteiger partial charge in [-0.3, -0.25) is 14.3 Å². The highest BCUT2D eigenvalue weighted by Crippen LogP contribution is 2.26. The minimum absolute atomic E-state index is 0.133. The summed E-state index contributed by atoms with van der Waals surface area (Å²) in [6, 6.07) is 7.24. The topological polar surface area (TPSA) is 75.1 Å². The molecule has 5 nitrogen and oxygen atoms in total. The van der Waals surface area contributed by atoms with Crippen molar-refractivity contribution in [2.24, 2.45) is 0 Å². The smallest absolute Gasteiger partial charge is 0.331 e. The quantitative estimate of drug-likeness (QED) is 0.846. The van der Waals surface area contributed by atoms with Crippen LogP contribution in [0, 0.1) is 6.92 Å². The molecule has 0 bridgehead atoms. The van der Waals surface area contributed by atoms with Crippen LogP contribution in [-0.2, 0) is 6.54 Å². The molecule has 0 aliphatic rings. The zero-order valence-corrected chi connectivity index (χ0v) is 12.1. The second-order valence-electron chi connectivity index (χ2n) is 4.78. The van der Waals surface area contributed by atoms with Gasteiger partial charge in [0.25, 0.3) is 5.56 Å². The summed E-state index contributed by atoms with van der Waals surface area (Å²) in [5, 5.41) is 10.3. The highest BCUT2D eigenvalue weighted by atomic mass is 16.3. The first-order chi connectivity index (χ1) is 10.1. The van der Waals surface area contributed by atoms with Crippen LogP contribution >= 0.6 is 0 Å². The molecule has 0 saturated carbocycles. The minimum Gasteiger partial charge on any atom is -0.494 e. The molecular formula is C16H18N2O3. The number of rotatable bonds is 4. The summed E-state index contributed by atoms with van der Waals surface area (Å²) >= 11 is 0. The molecule has 2 N–H and O–H groups in total. The molecule has 0 aliphatic heterocycles. The van der Waals surface area contributed by atoms with E-state index in [1.54, 1.807) is 12.1 Å². The van der Waals surface area contributed by atoms with Crippen LogP contribution in [0.1, 0.15) is 18.9 Å². The Morgan fingerprint density at radius 1 is 1.29 bits per heavy atom. The van der Waals surface area contributed by atoms with Gasteiger partial charge in [-0.05, 0) is 31.4 Å². The van der Waals surface area contributed by atoms with Crippen molar-refractivity contribution >= 4 is 0 Å². The van der Waals surface area contributed by atoms with Gasteiger partial charge in [0.2, 0.25) is 5.88 Å². The van der Waals surface area contributed by atoms with Crippen molar-refractivity contribution in [3.8, 4) is 17.0 Å². The molecule has 110 valence electrons. The minimum atomic E-state index is -0.598. The number of aromatic amines is 1. The Morgan fingerprint density at radius 2 is 2.00 bits per heavy atom. The number of nitrogens with zero attached hydrogens (tertiary/aromatic N) is 1. The molecule has 0 amide bonds. The number of nitrogens with one attached hydrogen (secondary N) is 1. The first-order valence-corrected chi connectivity index (χ1v) is 6.79. The van der Waals surface area contributed by atoms with Crippen LogP contribution in [0.25, 0.3) is 11.1 Å². The molecule has 5 heteroatoms. The SMILES string of the molecule is C/C=C/CCn1c(O)c(-c2ccccc2C)c(=O)[nH]c1=O. The number of aromatic hydroxyl groups is 1. The van der Waals surface area contributed by atoms with E-state index >= 15 is 0 Å². The van der Waals surface area contributed by atoms with Crippen LogP contribution in [0.3, 0.4) is 0 Å². The van der Waals surface area contributed by atoms with E-state index < -0.39 is 11.2 Å². The molecule has 0 atom stereocenters. The molecule has 0 spiro atoms. The zero-order chi connectivity index (χ0) is 15.4. The maximum atomic E-state index is 12.1. The predicted octanol–water partition coefficient (Wildman–Crippen LogP) is 2.18. The highest BCUT2D eigenvalue weighted by Gasteiger charge is 2.16. The maximum absolute atomic E-state index is 12.1. The zero-order valence-electron chi connectivity index (χ0n) is 12.1. The first-order valence-electron chi connectivity index (χ1n) is 6.79. The van der Waals surface area contributed by atoms with Crippen molar-refractivity contribution in [1.29, 1.82) is 0 Å². The van der Waals surface area contributed by atoms with E-state index in [0.29, 0.717) is 18.5 Å². The Hall–Kier alpha value is -2.56.